The smallest absolute Gasteiger partial charge is 0.304 e. The molecule has 0 atom stereocenters. The Labute approximate surface area is 122 Å². The van der Waals surface area contributed by atoms with Gasteiger partial charge >= 0.3 is 5.97 Å². The molecule has 4 nitrogen and oxygen atoms in total. The van der Waals surface area contributed by atoms with Crippen LogP contribution in [0, 0.1) is 5.82 Å². The normalized spacial score (nSPS) is 10.8. The van der Waals surface area contributed by atoms with E-state index in [9.17, 15) is 9.18 Å². The van der Waals surface area contributed by atoms with Gasteiger partial charge in [-0.1, -0.05) is 12.1 Å². The number of rotatable bonds is 7. The molecule has 1 N–H and O–H groups in total. The van der Waals surface area contributed by atoms with Crippen molar-refractivity contribution >= 4 is 5.97 Å². The van der Waals surface area contributed by atoms with E-state index in [1.807, 2.05) is 17.0 Å². The van der Waals surface area contributed by atoms with E-state index in [0.29, 0.717) is 19.6 Å². The van der Waals surface area contributed by atoms with Crippen LogP contribution in [0.2, 0.25) is 0 Å². The number of pyridine rings is 1. The Kier molecular flexibility index (Phi) is 5.40. The molecule has 0 radical (unpaired) electrons. The van der Waals surface area contributed by atoms with Crippen LogP contribution in [0.4, 0.5) is 4.39 Å². The van der Waals surface area contributed by atoms with Gasteiger partial charge in [-0.25, -0.2) is 4.39 Å². The van der Waals surface area contributed by atoms with E-state index >= 15 is 0 Å². The van der Waals surface area contributed by atoms with E-state index < -0.39 is 5.97 Å². The van der Waals surface area contributed by atoms with Gasteiger partial charge in [-0.05, 0) is 35.4 Å². The van der Waals surface area contributed by atoms with E-state index in [1.54, 1.807) is 24.5 Å². The second kappa shape index (κ2) is 7.50. The molecule has 0 amide bonds. The summed E-state index contributed by atoms with van der Waals surface area (Å²) in [6.07, 6.45) is 3.50. The summed E-state index contributed by atoms with van der Waals surface area (Å²) in [5, 5.41) is 8.84. The summed E-state index contributed by atoms with van der Waals surface area (Å²) in [7, 11) is 0. The lowest BCUT2D eigenvalue weighted by Gasteiger charge is -2.21. The molecule has 0 spiro atoms. The van der Waals surface area contributed by atoms with Crippen LogP contribution in [0.1, 0.15) is 17.5 Å². The second-order valence-electron chi connectivity index (χ2n) is 4.84. The number of aromatic nitrogens is 1. The van der Waals surface area contributed by atoms with Gasteiger partial charge < -0.3 is 5.11 Å². The number of halogens is 1. The summed E-state index contributed by atoms with van der Waals surface area (Å²) in [5.74, 6) is -1.10. The third kappa shape index (κ3) is 5.31. The van der Waals surface area contributed by atoms with Crippen LogP contribution in [0.15, 0.2) is 48.8 Å². The predicted molar refractivity (Wildman–Crippen MR) is 77.0 cm³/mol. The van der Waals surface area contributed by atoms with Crippen molar-refractivity contribution in [2.75, 3.05) is 6.54 Å². The minimum Gasteiger partial charge on any atom is -0.481 e. The Morgan fingerprint density at radius 3 is 2.19 bits per heavy atom. The summed E-state index contributed by atoms with van der Waals surface area (Å²) >= 11 is 0. The van der Waals surface area contributed by atoms with Crippen LogP contribution in [-0.2, 0) is 17.9 Å². The van der Waals surface area contributed by atoms with Gasteiger partial charge in [0.05, 0.1) is 6.42 Å². The number of aliphatic carboxylic acids is 1. The molecule has 1 aromatic carbocycles. The van der Waals surface area contributed by atoms with Gasteiger partial charge in [0.25, 0.3) is 0 Å². The van der Waals surface area contributed by atoms with Gasteiger partial charge in [0.1, 0.15) is 5.82 Å². The Morgan fingerprint density at radius 1 is 1.05 bits per heavy atom. The fourth-order valence-electron chi connectivity index (χ4n) is 2.06. The molecule has 0 bridgehead atoms. The summed E-state index contributed by atoms with van der Waals surface area (Å²) < 4.78 is 12.9. The van der Waals surface area contributed by atoms with E-state index in [0.717, 1.165) is 11.1 Å². The van der Waals surface area contributed by atoms with Crippen LogP contribution in [0.3, 0.4) is 0 Å². The maximum Gasteiger partial charge on any atom is 0.304 e. The molecule has 1 aromatic heterocycles. The first-order valence-corrected chi connectivity index (χ1v) is 6.71. The van der Waals surface area contributed by atoms with Crippen molar-refractivity contribution in [3.8, 4) is 0 Å². The van der Waals surface area contributed by atoms with Gasteiger partial charge in [-0.2, -0.15) is 0 Å². The minimum atomic E-state index is -0.825. The molecule has 0 saturated heterocycles. The molecule has 0 fully saturated rings. The molecule has 0 saturated carbocycles. The zero-order valence-electron chi connectivity index (χ0n) is 11.6. The van der Waals surface area contributed by atoms with Crippen LogP contribution in [-0.4, -0.2) is 27.5 Å². The van der Waals surface area contributed by atoms with Crippen molar-refractivity contribution < 1.29 is 14.3 Å². The number of carboxylic acid groups (broad SMARTS) is 1. The Bertz CT molecular complexity index is 573. The molecule has 21 heavy (non-hydrogen) atoms. The molecule has 5 heteroatoms. The van der Waals surface area contributed by atoms with Gasteiger partial charge in [0, 0.05) is 32.0 Å². The summed E-state index contributed by atoms with van der Waals surface area (Å²) in [6.45, 7) is 1.65. The summed E-state index contributed by atoms with van der Waals surface area (Å²) in [6, 6.07) is 10.1. The minimum absolute atomic E-state index is 0.0757. The first-order chi connectivity index (χ1) is 10.1. The van der Waals surface area contributed by atoms with Crippen LogP contribution in [0.25, 0.3) is 0 Å². The number of nitrogens with zero attached hydrogens (tertiary/aromatic N) is 2. The predicted octanol–water partition coefficient (Wildman–Crippen LogP) is 2.70. The van der Waals surface area contributed by atoms with Crippen molar-refractivity contribution in [1.29, 1.82) is 0 Å². The first kappa shape index (κ1) is 15.1. The molecular weight excluding hydrogens is 271 g/mol. The monoisotopic (exact) mass is 288 g/mol. The fourth-order valence-corrected chi connectivity index (χ4v) is 2.06. The highest BCUT2D eigenvalue weighted by Crippen LogP contribution is 2.11. The van der Waals surface area contributed by atoms with Crippen molar-refractivity contribution in [1.82, 2.24) is 9.88 Å². The van der Waals surface area contributed by atoms with Crippen LogP contribution < -0.4 is 0 Å². The Morgan fingerprint density at radius 2 is 1.62 bits per heavy atom. The molecular formula is C16H17FN2O2. The SMILES string of the molecule is O=C(O)CCN(Cc1ccncc1)Cc1ccc(F)cc1. The number of carbonyl (C=O) groups is 1. The molecule has 0 aliphatic heterocycles. The standard InChI is InChI=1S/C16H17FN2O2/c17-15-3-1-13(2-4-15)11-19(10-7-16(20)21)12-14-5-8-18-9-6-14/h1-6,8-9H,7,10-12H2,(H,20,21). The molecule has 2 rings (SSSR count). The second-order valence-corrected chi connectivity index (χ2v) is 4.84. The maximum absolute atomic E-state index is 12.9. The van der Waals surface area contributed by atoms with Gasteiger partial charge in [0.15, 0.2) is 0 Å². The molecule has 1 heterocycles. The van der Waals surface area contributed by atoms with Crippen LogP contribution >= 0.6 is 0 Å². The highest BCUT2D eigenvalue weighted by molar-refractivity contribution is 5.66. The first-order valence-electron chi connectivity index (χ1n) is 6.71. The third-order valence-corrected chi connectivity index (χ3v) is 3.12. The number of carboxylic acids is 1. The summed E-state index contributed by atoms with van der Waals surface area (Å²) in [5.41, 5.74) is 2.02. The lowest BCUT2D eigenvalue weighted by Crippen LogP contribution is -2.25. The topological polar surface area (TPSA) is 53.4 Å². The molecule has 0 unspecified atom stereocenters. The van der Waals surface area contributed by atoms with Gasteiger partial charge in [-0.15, -0.1) is 0 Å². The average molecular weight is 288 g/mol. The molecule has 0 aliphatic carbocycles. The van der Waals surface area contributed by atoms with Crippen molar-refractivity contribution in [2.24, 2.45) is 0 Å². The molecule has 2 aromatic rings. The lowest BCUT2D eigenvalue weighted by molar-refractivity contribution is -0.137. The lowest BCUT2D eigenvalue weighted by atomic mass is 10.2. The highest BCUT2D eigenvalue weighted by atomic mass is 19.1. The average Bonchev–Trinajstić information content (AvgIpc) is 2.48. The van der Waals surface area contributed by atoms with Gasteiger partial charge in [-0.3, -0.25) is 14.7 Å². The van der Waals surface area contributed by atoms with Gasteiger partial charge in [0.2, 0.25) is 0 Å². The van der Waals surface area contributed by atoms with Crippen molar-refractivity contribution in [2.45, 2.75) is 19.5 Å². The number of hydrogen-bond acceptors (Lipinski definition) is 3. The Hall–Kier alpha value is -2.27. The maximum atomic E-state index is 12.9. The molecule has 110 valence electrons. The van der Waals surface area contributed by atoms with E-state index in [1.165, 1.54) is 12.1 Å². The zero-order valence-corrected chi connectivity index (χ0v) is 11.6. The third-order valence-electron chi connectivity index (χ3n) is 3.12. The number of benzene rings is 1. The Balaban J connectivity index is 2.04. The quantitative estimate of drug-likeness (QED) is 0.851. The number of hydrogen-bond donors (Lipinski definition) is 1. The highest BCUT2D eigenvalue weighted by Gasteiger charge is 2.09. The molecule has 0 aliphatic rings. The van der Waals surface area contributed by atoms with Crippen LogP contribution in [0.5, 0.6) is 0 Å². The fraction of sp³-hybridized carbons (Fsp3) is 0.250. The van der Waals surface area contributed by atoms with E-state index in [-0.39, 0.29) is 12.2 Å². The van der Waals surface area contributed by atoms with Crippen molar-refractivity contribution in [3.05, 3.63) is 65.7 Å². The largest absolute Gasteiger partial charge is 0.481 e. The summed E-state index contributed by atoms with van der Waals surface area (Å²) in [4.78, 5) is 16.8. The van der Waals surface area contributed by atoms with E-state index in [2.05, 4.69) is 4.98 Å². The van der Waals surface area contributed by atoms with Crippen molar-refractivity contribution in [3.63, 3.8) is 0 Å². The zero-order chi connectivity index (χ0) is 15.1. The van der Waals surface area contributed by atoms with E-state index in [4.69, 9.17) is 5.11 Å².